The Hall–Kier alpha value is -2.26. The maximum Gasteiger partial charge on any atom is 0.209 e. The van der Waals surface area contributed by atoms with E-state index in [1.165, 1.54) is 0 Å². The SMILES string of the molecule is CCCn1nc(CNCCCSc2nnnn2C)c(-c2ccccc2)n1. The van der Waals surface area contributed by atoms with Crippen LogP contribution in [0.5, 0.6) is 0 Å². The molecule has 0 atom stereocenters. The van der Waals surface area contributed by atoms with E-state index in [-0.39, 0.29) is 0 Å². The van der Waals surface area contributed by atoms with Crippen LogP contribution < -0.4 is 5.32 Å². The number of hydrogen-bond acceptors (Lipinski definition) is 7. The molecule has 0 saturated carbocycles. The van der Waals surface area contributed by atoms with Crippen molar-refractivity contribution in [2.75, 3.05) is 12.3 Å². The number of nitrogens with one attached hydrogen (secondary N) is 1. The minimum atomic E-state index is 0.712. The topological polar surface area (TPSA) is 86.3 Å². The van der Waals surface area contributed by atoms with E-state index in [4.69, 9.17) is 0 Å². The summed E-state index contributed by atoms with van der Waals surface area (Å²) in [6.07, 6.45) is 2.05. The Balaban J connectivity index is 1.51. The Morgan fingerprint density at radius 3 is 2.73 bits per heavy atom. The quantitative estimate of drug-likeness (QED) is 0.431. The largest absolute Gasteiger partial charge is 0.311 e. The van der Waals surface area contributed by atoms with E-state index in [1.54, 1.807) is 21.2 Å². The second-order valence-electron chi connectivity index (χ2n) is 5.92. The van der Waals surface area contributed by atoms with Crippen LogP contribution >= 0.6 is 11.8 Å². The molecule has 1 N–H and O–H groups in total. The van der Waals surface area contributed by atoms with Crippen molar-refractivity contribution in [2.45, 2.75) is 38.0 Å². The second-order valence-corrected chi connectivity index (χ2v) is 6.98. The molecule has 2 heterocycles. The van der Waals surface area contributed by atoms with Gasteiger partial charge in [0.1, 0.15) is 11.4 Å². The maximum absolute atomic E-state index is 4.67. The second kappa shape index (κ2) is 9.44. The highest BCUT2D eigenvalue weighted by Crippen LogP contribution is 2.20. The van der Waals surface area contributed by atoms with Crippen LogP contribution in [0.3, 0.4) is 0 Å². The monoisotopic (exact) mass is 372 g/mol. The molecule has 0 aliphatic rings. The van der Waals surface area contributed by atoms with Crippen LogP contribution in [-0.4, -0.2) is 47.5 Å². The summed E-state index contributed by atoms with van der Waals surface area (Å²) in [5.41, 5.74) is 3.07. The molecular formula is C17H24N8S. The van der Waals surface area contributed by atoms with Crippen LogP contribution in [0.1, 0.15) is 25.5 Å². The van der Waals surface area contributed by atoms with Crippen molar-refractivity contribution >= 4 is 11.8 Å². The Kier molecular flexibility index (Phi) is 6.73. The van der Waals surface area contributed by atoms with E-state index >= 15 is 0 Å². The van der Waals surface area contributed by atoms with Gasteiger partial charge < -0.3 is 5.32 Å². The smallest absolute Gasteiger partial charge is 0.209 e. The van der Waals surface area contributed by atoms with Crippen LogP contribution in [0.4, 0.5) is 0 Å². The molecular weight excluding hydrogens is 348 g/mol. The minimum absolute atomic E-state index is 0.712. The standard InChI is InChI=1S/C17H24N8S/c1-3-11-25-20-15(16(21-25)14-8-5-4-6-9-14)13-18-10-7-12-26-17-19-22-23-24(17)2/h4-6,8-9,18H,3,7,10-13H2,1-2H3. The lowest BCUT2D eigenvalue weighted by molar-refractivity contribution is 0.521. The number of aromatic nitrogens is 7. The predicted molar refractivity (Wildman–Crippen MR) is 102 cm³/mol. The molecule has 2 aromatic heterocycles. The molecule has 0 saturated heterocycles. The minimum Gasteiger partial charge on any atom is -0.311 e. The summed E-state index contributed by atoms with van der Waals surface area (Å²) in [6.45, 7) is 4.59. The molecule has 0 spiro atoms. The first-order chi connectivity index (χ1) is 12.8. The Morgan fingerprint density at radius 1 is 1.15 bits per heavy atom. The zero-order valence-electron chi connectivity index (χ0n) is 15.2. The van der Waals surface area contributed by atoms with Crippen molar-refractivity contribution in [2.24, 2.45) is 7.05 Å². The summed E-state index contributed by atoms with van der Waals surface area (Å²) in [7, 11) is 1.85. The van der Waals surface area contributed by atoms with Crippen LogP contribution in [0.15, 0.2) is 35.5 Å². The number of rotatable bonds is 10. The average molecular weight is 373 g/mol. The van der Waals surface area contributed by atoms with E-state index in [0.717, 1.165) is 53.8 Å². The highest BCUT2D eigenvalue weighted by Gasteiger charge is 2.12. The fraction of sp³-hybridized carbons (Fsp3) is 0.471. The van der Waals surface area contributed by atoms with Gasteiger partial charge in [-0.3, -0.25) is 0 Å². The number of benzene rings is 1. The van der Waals surface area contributed by atoms with Gasteiger partial charge in [0.2, 0.25) is 5.16 Å². The summed E-state index contributed by atoms with van der Waals surface area (Å²) in [5, 5.41) is 25.1. The fourth-order valence-electron chi connectivity index (χ4n) is 2.53. The van der Waals surface area contributed by atoms with Gasteiger partial charge in [0.15, 0.2) is 0 Å². The van der Waals surface area contributed by atoms with E-state index < -0.39 is 0 Å². The van der Waals surface area contributed by atoms with Gasteiger partial charge in [0, 0.05) is 24.9 Å². The first kappa shape index (κ1) is 18.5. The molecule has 26 heavy (non-hydrogen) atoms. The number of thioether (sulfide) groups is 1. The van der Waals surface area contributed by atoms with Crippen molar-refractivity contribution in [1.82, 2.24) is 40.5 Å². The van der Waals surface area contributed by atoms with Gasteiger partial charge in [-0.15, -0.1) is 5.10 Å². The molecule has 3 aromatic rings. The van der Waals surface area contributed by atoms with Crippen molar-refractivity contribution in [1.29, 1.82) is 0 Å². The molecule has 1 aromatic carbocycles. The summed E-state index contributed by atoms with van der Waals surface area (Å²) < 4.78 is 1.69. The zero-order valence-corrected chi connectivity index (χ0v) is 16.0. The molecule has 3 rings (SSSR count). The highest BCUT2D eigenvalue weighted by molar-refractivity contribution is 7.99. The van der Waals surface area contributed by atoms with E-state index in [2.05, 4.69) is 50.1 Å². The van der Waals surface area contributed by atoms with Gasteiger partial charge in [0.25, 0.3) is 0 Å². The number of hydrogen-bond donors (Lipinski definition) is 1. The Morgan fingerprint density at radius 2 is 2.00 bits per heavy atom. The molecule has 0 unspecified atom stereocenters. The number of nitrogens with zero attached hydrogens (tertiary/aromatic N) is 7. The van der Waals surface area contributed by atoms with E-state index in [9.17, 15) is 0 Å². The maximum atomic E-state index is 4.67. The summed E-state index contributed by atoms with van der Waals surface area (Å²) in [6, 6.07) is 10.2. The van der Waals surface area contributed by atoms with Crippen LogP contribution in [0.25, 0.3) is 11.3 Å². The molecule has 0 aliphatic carbocycles. The molecule has 0 fully saturated rings. The van der Waals surface area contributed by atoms with Crippen LogP contribution in [0, 0.1) is 0 Å². The number of aryl methyl sites for hydroxylation is 2. The molecule has 0 aliphatic heterocycles. The summed E-state index contributed by atoms with van der Waals surface area (Å²) in [5.74, 6) is 0.968. The van der Waals surface area contributed by atoms with Crippen LogP contribution in [-0.2, 0) is 20.1 Å². The van der Waals surface area contributed by atoms with Gasteiger partial charge in [-0.2, -0.15) is 15.0 Å². The van der Waals surface area contributed by atoms with Crippen molar-refractivity contribution in [3.8, 4) is 11.3 Å². The zero-order chi connectivity index (χ0) is 18.2. The van der Waals surface area contributed by atoms with Crippen molar-refractivity contribution in [3.63, 3.8) is 0 Å². The van der Waals surface area contributed by atoms with Gasteiger partial charge in [-0.25, -0.2) is 4.68 Å². The fourth-order valence-corrected chi connectivity index (χ4v) is 3.32. The number of tetrazole rings is 1. The molecule has 0 bridgehead atoms. The third-order valence-corrected chi connectivity index (χ3v) is 4.90. The molecule has 8 nitrogen and oxygen atoms in total. The Bertz CT molecular complexity index is 798. The lowest BCUT2D eigenvalue weighted by Crippen LogP contribution is -2.16. The van der Waals surface area contributed by atoms with Gasteiger partial charge in [-0.1, -0.05) is 49.0 Å². The van der Waals surface area contributed by atoms with Crippen molar-refractivity contribution < 1.29 is 0 Å². The van der Waals surface area contributed by atoms with Crippen molar-refractivity contribution in [3.05, 3.63) is 36.0 Å². The van der Waals surface area contributed by atoms with Gasteiger partial charge in [-0.05, 0) is 29.8 Å². The van der Waals surface area contributed by atoms with E-state index in [1.807, 2.05) is 25.2 Å². The first-order valence-corrected chi connectivity index (χ1v) is 9.81. The van der Waals surface area contributed by atoms with Gasteiger partial charge in [0.05, 0.1) is 6.54 Å². The lowest BCUT2D eigenvalue weighted by atomic mass is 10.1. The normalized spacial score (nSPS) is 11.2. The summed E-state index contributed by atoms with van der Waals surface area (Å²) >= 11 is 1.67. The highest BCUT2D eigenvalue weighted by atomic mass is 32.2. The van der Waals surface area contributed by atoms with Crippen LogP contribution in [0.2, 0.25) is 0 Å². The molecule has 0 amide bonds. The molecule has 9 heteroatoms. The third kappa shape index (κ3) is 4.89. The predicted octanol–water partition coefficient (Wildman–Crippen LogP) is 2.15. The molecule has 138 valence electrons. The Labute approximate surface area is 157 Å². The van der Waals surface area contributed by atoms with E-state index in [0.29, 0.717) is 6.54 Å². The third-order valence-electron chi connectivity index (χ3n) is 3.80. The first-order valence-electron chi connectivity index (χ1n) is 8.83. The average Bonchev–Trinajstić information content (AvgIpc) is 3.25. The lowest BCUT2D eigenvalue weighted by Gasteiger charge is -2.04. The van der Waals surface area contributed by atoms with Gasteiger partial charge >= 0.3 is 0 Å². The molecule has 0 radical (unpaired) electrons. The summed E-state index contributed by atoms with van der Waals surface area (Å²) in [4.78, 5) is 1.80.